The number of para-hydroxylation sites is 1. The number of hydrogen-bond acceptors (Lipinski definition) is 5. The Labute approximate surface area is 232 Å². The molecular formula is C30H30ClN5OS. The third-order valence-corrected chi connectivity index (χ3v) is 7.83. The summed E-state index contributed by atoms with van der Waals surface area (Å²) >= 11 is 7.58. The van der Waals surface area contributed by atoms with Crippen molar-refractivity contribution in [3.63, 3.8) is 0 Å². The van der Waals surface area contributed by atoms with Crippen molar-refractivity contribution >= 4 is 40.9 Å². The number of halogens is 1. The van der Waals surface area contributed by atoms with Crippen LogP contribution in [0.25, 0.3) is 0 Å². The van der Waals surface area contributed by atoms with E-state index in [1.165, 1.54) is 5.56 Å². The SMILES string of the molecule is CC1=C(C(=O)Nc2ccccc2C)C(c2ccc(C(C)C)cc2)n2nc(SCc3ccc(Cl)cc3)nc2N1. The highest BCUT2D eigenvalue weighted by atomic mass is 35.5. The summed E-state index contributed by atoms with van der Waals surface area (Å²) in [6.45, 7) is 8.24. The second-order valence-electron chi connectivity index (χ2n) is 9.73. The molecule has 1 unspecified atom stereocenters. The van der Waals surface area contributed by atoms with Crippen molar-refractivity contribution in [3.05, 3.63) is 111 Å². The Hall–Kier alpha value is -3.55. The van der Waals surface area contributed by atoms with Crippen LogP contribution in [0.15, 0.2) is 89.2 Å². The van der Waals surface area contributed by atoms with Crippen molar-refractivity contribution in [3.8, 4) is 0 Å². The molecule has 8 heteroatoms. The van der Waals surface area contributed by atoms with Crippen molar-refractivity contribution in [1.29, 1.82) is 0 Å². The molecule has 6 nitrogen and oxygen atoms in total. The summed E-state index contributed by atoms with van der Waals surface area (Å²) < 4.78 is 1.83. The maximum atomic E-state index is 13.8. The van der Waals surface area contributed by atoms with Gasteiger partial charge in [0.05, 0.1) is 5.57 Å². The van der Waals surface area contributed by atoms with E-state index in [9.17, 15) is 4.79 Å². The lowest BCUT2D eigenvalue weighted by molar-refractivity contribution is -0.113. The third kappa shape index (κ3) is 5.49. The lowest BCUT2D eigenvalue weighted by Crippen LogP contribution is -2.31. The van der Waals surface area contributed by atoms with Gasteiger partial charge in [0, 0.05) is 22.2 Å². The van der Waals surface area contributed by atoms with Gasteiger partial charge in [0.15, 0.2) is 0 Å². The molecule has 1 aliphatic rings. The van der Waals surface area contributed by atoms with Crippen LogP contribution < -0.4 is 10.6 Å². The van der Waals surface area contributed by atoms with E-state index >= 15 is 0 Å². The fourth-order valence-electron chi connectivity index (χ4n) is 4.49. The Kier molecular flexibility index (Phi) is 7.58. The average Bonchev–Trinajstić information content (AvgIpc) is 3.31. The first-order chi connectivity index (χ1) is 18.3. The fourth-order valence-corrected chi connectivity index (χ4v) is 5.40. The molecule has 0 aliphatic carbocycles. The average molecular weight is 544 g/mol. The molecule has 0 bridgehead atoms. The Morgan fingerprint density at radius 1 is 1.05 bits per heavy atom. The Bertz CT molecular complexity index is 1490. The number of fused-ring (bicyclic) bond motifs is 1. The van der Waals surface area contributed by atoms with Crippen molar-refractivity contribution in [2.45, 2.75) is 50.6 Å². The minimum atomic E-state index is -0.422. The molecular weight excluding hydrogens is 514 g/mol. The van der Waals surface area contributed by atoms with Crippen LogP contribution in [-0.2, 0) is 10.5 Å². The summed E-state index contributed by atoms with van der Waals surface area (Å²) in [5.74, 6) is 1.57. The number of hydrogen-bond donors (Lipinski definition) is 2. The molecule has 4 aromatic rings. The molecule has 0 fully saturated rings. The van der Waals surface area contributed by atoms with Crippen molar-refractivity contribution < 1.29 is 4.79 Å². The predicted octanol–water partition coefficient (Wildman–Crippen LogP) is 7.58. The van der Waals surface area contributed by atoms with E-state index in [4.69, 9.17) is 21.7 Å². The number of allylic oxidation sites excluding steroid dienone is 1. The molecule has 194 valence electrons. The first kappa shape index (κ1) is 26.1. The van der Waals surface area contributed by atoms with Crippen LogP contribution in [-0.4, -0.2) is 20.7 Å². The molecule has 3 aromatic carbocycles. The zero-order valence-corrected chi connectivity index (χ0v) is 23.4. The van der Waals surface area contributed by atoms with E-state index < -0.39 is 6.04 Å². The Morgan fingerprint density at radius 2 is 1.76 bits per heavy atom. The first-order valence-electron chi connectivity index (χ1n) is 12.6. The van der Waals surface area contributed by atoms with Crippen LogP contribution >= 0.6 is 23.4 Å². The number of anilines is 2. The summed E-state index contributed by atoms with van der Waals surface area (Å²) in [6, 6.07) is 23.6. The van der Waals surface area contributed by atoms with Gasteiger partial charge < -0.3 is 10.6 Å². The highest BCUT2D eigenvalue weighted by Gasteiger charge is 2.34. The predicted molar refractivity (Wildman–Crippen MR) is 156 cm³/mol. The molecule has 0 radical (unpaired) electrons. The Morgan fingerprint density at radius 3 is 2.45 bits per heavy atom. The molecule has 2 heterocycles. The molecule has 1 aromatic heterocycles. The van der Waals surface area contributed by atoms with Crippen LogP contribution in [0.3, 0.4) is 0 Å². The van der Waals surface area contributed by atoms with E-state index in [1.807, 2.05) is 67.1 Å². The van der Waals surface area contributed by atoms with Gasteiger partial charge in [0.25, 0.3) is 5.91 Å². The van der Waals surface area contributed by atoms with Gasteiger partial charge in [-0.2, -0.15) is 4.98 Å². The molecule has 1 aliphatic heterocycles. The molecule has 5 rings (SSSR count). The van der Waals surface area contributed by atoms with Crippen LogP contribution in [0, 0.1) is 6.92 Å². The number of aryl methyl sites for hydroxylation is 1. The minimum Gasteiger partial charge on any atom is -0.328 e. The van der Waals surface area contributed by atoms with Crippen molar-refractivity contribution in [2.75, 3.05) is 10.6 Å². The summed E-state index contributed by atoms with van der Waals surface area (Å²) in [5, 5.41) is 12.6. The van der Waals surface area contributed by atoms with E-state index in [2.05, 4.69) is 48.7 Å². The number of thioether (sulfide) groups is 1. The highest BCUT2D eigenvalue weighted by molar-refractivity contribution is 7.98. The lowest BCUT2D eigenvalue weighted by Gasteiger charge is -2.29. The second kappa shape index (κ2) is 11.1. The van der Waals surface area contributed by atoms with Crippen LogP contribution in [0.5, 0.6) is 0 Å². The lowest BCUT2D eigenvalue weighted by atomic mass is 9.92. The highest BCUT2D eigenvalue weighted by Crippen LogP contribution is 2.37. The largest absolute Gasteiger partial charge is 0.328 e. The fraction of sp³-hybridized carbons (Fsp3) is 0.233. The number of nitrogens with one attached hydrogen (secondary N) is 2. The van der Waals surface area contributed by atoms with Gasteiger partial charge in [-0.3, -0.25) is 4.79 Å². The van der Waals surface area contributed by atoms with Crippen molar-refractivity contribution in [1.82, 2.24) is 14.8 Å². The number of benzene rings is 3. The molecule has 0 spiro atoms. The van der Waals surface area contributed by atoms with Gasteiger partial charge in [0.2, 0.25) is 11.1 Å². The minimum absolute atomic E-state index is 0.168. The zero-order chi connectivity index (χ0) is 26.8. The van der Waals surface area contributed by atoms with Crippen molar-refractivity contribution in [2.24, 2.45) is 0 Å². The second-order valence-corrected chi connectivity index (χ2v) is 11.1. The number of rotatable bonds is 7. The Balaban J connectivity index is 1.50. The first-order valence-corrected chi connectivity index (χ1v) is 13.9. The standard InChI is InChI=1S/C30H30ClN5OS/c1-18(2)22-11-13-23(14-12-22)27-26(28(37)33-25-8-6-5-7-19(25)3)20(4)32-29-34-30(35-36(27)29)38-17-21-9-15-24(31)16-10-21/h5-16,18,27H,17H2,1-4H3,(H,33,37)(H,32,34,35). The smallest absolute Gasteiger partial charge is 0.255 e. The van der Waals surface area contributed by atoms with Crippen LogP contribution in [0.1, 0.15) is 55.0 Å². The molecule has 1 atom stereocenters. The number of carbonyl (C=O) groups is 1. The molecule has 38 heavy (non-hydrogen) atoms. The molecule has 0 saturated carbocycles. The summed E-state index contributed by atoms with van der Waals surface area (Å²) in [7, 11) is 0. The normalized spacial score (nSPS) is 14.8. The zero-order valence-electron chi connectivity index (χ0n) is 21.8. The number of amides is 1. The molecule has 2 N–H and O–H groups in total. The van der Waals surface area contributed by atoms with Gasteiger partial charge in [-0.1, -0.05) is 91.8 Å². The van der Waals surface area contributed by atoms with Crippen LogP contribution in [0.2, 0.25) is 5.02 Å². The topological polar surface area (TPSA) is 71.8 Å². The van der Waals surface area contributed by atoms with E-state index in [1.54, 1.807) is 11.8 Å². The summed E-state index contributed by atoms with van der Waals surface area (Å²) in [5.41, 5.74) is 6.50. The quantitative estimate of drug-likeness (QED) is 0.235. The van der Waals surface area contributed by atoms with Gasteiger partial charge in [-0.15, -0.1) is 5.10 Å². The van der Waals surface area contributed by atoms with Gasteiger partial charge >= 0.3 is 0 Å². The van der Waals surface area contributed by atoms with E-state index in [0.29, 0.717) is 33.4 Å². The maximum absolute atomic E-state index is 13.8. The summed E-state index contributed by atoms with van der Waals surface area (Å²) in [6.07, 6.45) is 0. The van der Waals surface area contributed by atoms with E-state index in [0.717, 1.165) is 28.1 Å². The van der Waals surface area contributed by atoms with Gasteiger partial charge in [-0.05, 0) is 60.2 Å². The number of aromatic nitrogens is 3. The summed E-state index contributed by atoms with van der Waals surface area (Å²) in [4.78, 5) is 18.5. The monoisotopic (exact) mass is 543 g/mol. The molecule has 0 saturated heterocycles. The van der Waals surface area contributed by atoms with E-state index in [-0.39, 0.29) is 5.91 Å². The third-order valence-electron chi connectivity index (χ3n) is 6.67. The van der Waals surface area contributed by atoms with Crippen LogP contribution in [0.4, 0.5) is 11.6 Å². The van der Waals surface area contributed by atoms with Gasteiger partial charge in [0.1, 0.15) is 6.04 Å². The number of nitrogens with zero attached hydrogens (tertiary/aromatic N) is 3. The van der Waals surface area contributed by atoms with Gasteiger partial charge in [-0.25, -0.2) is 4.68 Å². The molecule has 1 amide bonds. The maximum Gasteiger partial charge on any atom is 0.255 e. The number of carbonyl (C=O) groups excluding carboxylic acids is 1.